The van der Waals surface area contributed by atoms with Crippen LogP contribution >= 0.6 is 0 Å². The van der Waals surface area contributed by atoms with E-state index in [1.165, 1.54) is 11.1 Å². The predicted octanol–water partition coefficient (Wildman–Crippen LogP) is 3.13. The molecule has 0 radical (unpaired) electrons. The second kappa shape index (κ2) is 4.07. The number of fused-ring (bicyclic) bond motifs is 2. The van der Waals surface area contributed by atoms with Crippen molar-refractivity contribution in [3.05, 3.63) is 41.0 Å². The molecule has 0 saturated carbocycles. The second-order valence-electron chi connectivity index (χ2n) is 5.40. The smallest absolute Gasteiger partial charge is 0.126 e. The molecule has 2 N–H and O–H groups in total. The van der Waals surface area contributed by atoms with E-state index in [9.17, 15) is 5.11 Å². The molecule has 1 aliphatic carbocycles. The highest BCUT2D eigenvalue weighted by Crippen LogP contribution is 2.41. The third-order valence-electron chi connectivity index (χ3n) is 4.23. The van der Waals surface area contributed by atoms with Crippen LogP contribution in [-0.4, -0.2) is 20.5 Å². The van der Waals surface area contributed by atoms with Crippen LogP contribution < -0.4 is 0 Å². The number of aromatic hydroxyl groups is 1. The van der Waals surface area contributed by atoms with E-state index in [1.54, 1.807) is 0 Å². The van der Waals surface area contributed by atoms with Gasteiger partial charge in [-0.2, -0.15) is 15.4 Å². The molecule has 0 spiro atoms. The zero-order valence-corrected chi connectivity index (χ0v) is 11.3. The Labute approximate surface area is 116 Å². The number of hydrogen-bond acceptors (Lipinski definition) is 3. The molecule has 0 atom stereocenters. The Bertz CT molecular complexity index is 820. The molecule has 3 aromatic rings. The van der Waals surface area contributed by atoms with Crippen molar-refractivity contribution in [2.75, 3.05) is 0 Å². The fourth-order valence-corrected chi connectivity index (χ4v) is 3.27. The fourth-order valence-electron chi connectivity index (χ4n) is 3.27. The molecule has 0 saturated heterocycles. The quantitative estimate of drug-likeness (QED) is 0.710. The number of rotatable bonds is 1. The van der Waals surface area contributed by atoms with Gasteiger partial charge in [0, 0.05) is 11.1 Å². The summed E-state index contributed by atoms with van der Waals surface area (Å²) < 4.78 is 0. The number of nitrogens with zero attached hydrogens (tertiary/aromatic N) is 2. The third kappa shape index (κ3) is 1.48. The minimum absolute atomic E-state index is 0.415. The number of aryl methyl sites for hydroxylation is 1. The summed E-state index contributed by atoms with van der Waals surface area (Å²) in [5.74, 6) is 0.415. The lowest BCUT2D eigenvalue weighted by molar-refractivity contribution is 0.471. The molecule has 4 nitrogen and oxygen atoms in total. The lowest BCUT2D eigenvalue weighted by Gasteiger charge is -2.12. The van der Waals surface area contributed by atoms with Gasteiger partial charge in [-0.25, -0.2) is 0 Å². The molecule has 0 amide bonds. The van der Waals surface area contributed by atoms with E-state index in [0.29, 0.717) is 5.75 Å². The van der Waals surface area contributed by atoms with E-state index in [2.05, 4.69) is 28.4 Å². The molecule has 4 heteroatoms. The minimum atomic E-state index is 0.415. The molecule has 20 heavy (non-hydrogen) atoms. The molecule has 1 aromatic heterocycles. The van der Waals surface area contributed by atoms with E-state index in [-0.39, 0.29) is 0 Å². The first-order chi connectivity index (χ1) is 9.75. The number of para-hydroxylation sites is 1. The van der Waals surface area contributed by atoms with Crippen molar-refractivity contribution in [3.63, 3.8) is 0 Å². The average Bonchev–Trinajstić information content (AvgIpc) is 3.10. The van der Waals surface area contributed by atoms with Crippen molar-refractivity contribution in [3.8, 4) is 16.9 Å². The second-order valence-corrected chi connectivity index (χ2v) is 5.40. The number of aromatic nitrogens is 3. The lowest BCUT2D eigenvalue weighted by atomic mass is 9.94. The summed E-state index contributed by atoms with van der Waals surface area (Å²) in [6.45, 7) is 2.12. The highest BCUT2D eigenvalue weighted by Gasteiger charge is 2.22. The van der Waals surface area contributed by atoms with Crippen LogP contribution in [0.15, 0.2) is 24.3 Å². The van der Waals surface area contributed by atoms with Gasteiger partial charge in [-0.15, -0.1) is 0 Å². The standard InChI is InChI=1S/C16H15N3O/c1-9-8-13(16(20)12-6-2-4-10(9)12)11-5-3-7-14-15(11)18-19-17-14/h3,5,7-8,20H,2,4,6H2,1H3,(H,17,18,19). The van der Waals surface area contributed by atoms with Gasteiger partial charge in [0.15, 0.2) is 0 Å². The SMILES string of the molecule is Cc1cc(-c2cccc3n[nH]nc23)c(O)c2c1CCC2. The van der Waals surface area contributed by atoms with Crippen LogP contribution in [0.5, 0.6) is 5.75 Å². The van der Waals surface area contributed by atoms with Gasteiger partial charge in [-0.1, -0.05) is 12.1 Å². The minimum Gasteiger partial charge on any atom is -0.507 e. The highest BCUT2D eigenvalue weighted by atomic mass is 16.3. The molecule has 100 valence electrons. The number of benzene rings is 2. The van der Waals surface area contributed by atoms with Crippen molar-refractivity contribution in [1.29, 1.82) is 0 Å². The first kappa shape index (κ1) is 11.5. The highest BCUT2D eigenvalue weighted by molar-refractivity contribution is 5.93. The summed E-state index contributed by atoms with van der Waals surface area (Å²) in [6, 6.07) is 7.92. The van der Waals surface area contributed by atoms with Crippen LogP contribution in [0.25, 0.3) is 22.2 Å². The molecular formula is C16H15N3O. The first-order valence-corrected chi connectivity index (χ1v) is 6.90. The Hall–Kier alpha value is -2.36. The van der Waals surface area contributed by atoms with Gasteiger partial charge in [0.05, 0.1) is 0 Å². The van der Waals surface area contributed by atoms with Crippen LogP contribution in [0.2, 0.25) is 0 Å². The van der Waals surface area contributed by atoms with E-state index in [4.69, 9.17) is 0 Å². The van der Waals surface area contributed by atoms with Gasteiger partial charge in [-0.05, 0) is 55.0 Å². The van der Waals surface area contributed by atoms with Gasteiger partial charge in [0.1, 0.15) is 16.8 Å². The van der Waals surface area contributed by atoms with Crippen LogP contribution in [-0.2, 0) is 12.8 Å². The normalized spacial score (nSPS) is 13.8. The van der Waals surface area contributed by atoms with Crippen molar-refractivity contribution in [2.45, 2.75) is 26.2 Å². The van der Waals surface area contributed by atoms with E-state index < -0.39 is 0 Å². The maximum Gasteiger partial charge on any atom is 0.126 e. The third-order valence-corrected chi connectivity index (χ3v) is 4.23. The lowest BCUT2D eigenvalue weighted by Crippen LogP contribution is -1.92. The van der Waals surface area contributed by atoms with Crippen LogP contribution in [0, 0.1) is 6.92 Å². The summed E-state index contributed by atoms with van der Waals surface area (Å²) >= 11 is 0. The summed E-state index contributed by atoms with van der Waals surface area (Å²) in [5, 5.41) is 21.6. The van der Waals surface area contributed by atoms with E-state index in [0.717, 1.165) is 47.0 Å². The van der Waals surface area contributed by atoms with Gasteiger partial charge in [-0.3, -0.25) is 0 Å². The van der Waals surface area contributed by atoms with Crippen molar-refractivity contribution in [1.82, 2.24) is 15.4 Å². The van der Waals surface area contributed by atoms with E-state index in [1.807, 2.05) is 18.2 Å². The summed E-state index contributed by atoms with van der Waals surface area (Å²) in [7, 11) is 0. The van der Waals surface area contributed by atoms with Crippen LogP contribution in [0.3, 0.4) is 0 Å². The van der Waals surface area contributed by atoms with Crippen molar-refractivity contribution in [2.24, 2.45) is 0 Å². The molecule has 1 aliphatic rings. The van der Waals surface area contributed by atoms with Gasteiger partial charge >= 0.3 is 0 Å². The van der Waals surface area contributed by atoms with E-state index >= 15 is 0 Å². The van der Waals surface area contributed by atoms with Crippen molar-refractivity contribution < 1.29 is 5.11 Å². The maximum atomic E-state index is 10.6. The van der Waals surface area contributed by atoms with Gasteiger partial charge in [0.25, 0.3) is 0 Å². The Balaban J connectivity index is 2.04. The van der Waals surface area contributed by atoms with Crippen LogP contribution in [0.1, 0.15) is 23.1 Å². The van der Waals surface area contributed by atoms with Gasteiger partial charge < -0.3 is 5.11 Å². The Morgan fingerprint density at radius 3 is 2.85 bits per heavy atom. The monoisotopic (exact) mass is 265 g/mol. The number of hydrogen-bond donors (Lipinski definition) is 2. The average molecular weight is 265 g/mol. The number of phenolic OH excluding ortho intramolecular Hbond substituents is 1. The first-order valence-electron chi connectivity index (χ1n) is 6.90. The molecule has 0 aliphatic heterocycles. The molecule has 0 unspecified atom stereocenters. The van der Waals surface area contributed by atoms with Crippen LogP contribution in [0.4, 0.5) is 0 Å². The number of aromatic amines is 1. The molecule has 2 aromatic carbocycles. The molecule has 4 rings (SSSR count). The maximum absolute atomic E-state index is 10.6. The molecule has 0 fully saturated rings. The Morgan fingerprint density at radius 1 is 1.10 bits per heavy atom. The molecular weight excluding hydrogens is 250 g/mol. The summed E-state index contributed by atoms with van der Waals surface area (Å²) in [4.78, 5) is 0. The zero-order valence-electron chi connectivity index (χ0n) is 11.3. The molecule has 0 bridgehead atoms. The Kier molecular flexibility index (Phi) is 2.33. The number of phenols is 1. The zero-order chi connectivity index (χ0) is 13.7. The summed E-state index contributed by atoms with van der Waals surface area (Å²) in [5.41, 5.74) is 7.11. The number of nitrogens with one attached hydrogen (secondary N) is 1. The predicted molar refractivity (Wildman–Crippen MR) is 77.8 cm³/mol. The number of H-pyrrole nitrogens is 1. The molecule has 1 heterocycles. The largest absolute Gasteiger partial charge is 0.507 e. The Morgan fingerprint density at radius 2 is 1.95 bits per heavy atom. The summed E-state index contributed by atoms with van der Waals surface area (Å²) in [6.07, 6.45) is 3.16. The fraction of sp³-hybridized carbons (Fsp3) is 0.250. The topological polar surface area (TPSA) is 61.8 Å². The van der Waals surface area contributed by atoms with Crippen molar-refractivity contribution >= 4 is 11.0 Å². The van der Waals surface area contributed by atoms with Gasteiger partial charge in [0.2, 0.25) is 0 Å².